The van der Waals surface area contributed by atoms with Gasteiger partial charge in [0.25, 0.3) is 0 Å². The number of methoxy groups -OCH3 is 1. The highest BCUT2D eigenvalue weighted by Crippen LogP contribution is 2.54. The van der Waals surface area contributed by atoms with Crippen LogP contribution in [-0.2, 0) is 37.8 Å². The van der Waals surface area contributed by atoms with Gasteiger partial charge in [-0.15, -0.1) is 0 Å². The summed E-state index contributed by atoms with van der Waals surface area (Å²) in [5, 5.41) is -1.91. The van der Waals surface area contributed by atoms with E-state index in [0.29, 0.717) is 16.9 Å². The summed E-state index contributed by atoms with van der Waals surface area (Å²) in [6.45, 7) is 15.8. The van der Waals surface area contributed by atoms with Crippen LogP contribution in [0.25, 0.3) is 0 Å². The minimum atomic E-state index is -2.12. The van der Waals surface area contributed by atoms with Crippen molar-refractivity contribution in [3.05, 3.63) is 55.7 Å². The van der Waals surface area contributed by atoms with Crippen molar-refractivity contribution < 1.29 is 27.1 Å². The first-order valence-electron chi connectivity index (χ1n) is 12.7. The number of aryl methyl sites for hydroxylation is 1. The number of ether oxygens (including phenoxy) is 1. The Morgan fingerprint density at radius 3 is 2.28 bits per heavy atom. The van der Waals surface area contributed by atoms with Crippen molar-refractivity contribution in [2.24, 2.45) is 0 Å². The van der Waals surface area contributed by atoms with Crippen molar-refractivity contribution in [3.63, 3.8) is 0 Å². The highest BCUT2D eigenvalue weighted by Gasteiger charge is 2.40. The summed E-state index contributed by atoms with van der Waals surface area (Å²) in [6.07, 6.45) is 0.139. The van der Waals surface area contributed by atoms with Crippen molar-refractivity contribution in [1.29, 1.82) is 0 Å². The van der Waals surface area contributed by atoms with Gasteiger partial charge in [0.1, 0.15) is 31.9 Å². The van der Waals surface area contributed by atoms with E-state index >= 15 is 4.39 Å². The van der Waals surface area contributed by atoms with Gasteiger partial charge in [0.05, 0.1) is 18.3 Å². The summed E-state index contributed by atoms with van der Waals surface area (Å²) < 4.78 is 53.0. The third-order valence-electron chi connectivity index (χ3n) is 6.02. The van der Waals surface area contributed by atoms with Crippen LogP contribution in [0.15, 0.2) is 17.1 Å². The van der Waals surface area contributed by atoms with Gasteiger partial charge in [-0.05, 0) is 28.9 Å². The quantitative estimate of drug-likeness (QED) is 0.244. The zero-order chi connectivity index (χ0) is 29.9. The van der Waals surface area contributed by atoms with E-state index in [1.165, 1.54) is 7.11 Å². The molecule has 0 amide bonds. The van der Waals surface area contributed by atoms with Crippen LogP contribution in [0.2, 0.25) is 0 Å². The molecule has 0 fully saturated rings. The van der Waals surface area contributed by atoms with E-state index in [9.17, 15) is 9.18 Å². The Balaban J connectivity index is 0.00000260. The molecule has 212 valence electrons. The van der Waals surface area contributed by atoms with Gasteiger partial charge in [0.2, 0.25) is 0 Å². The van der Waals surface area contributed by atoms with Crippen molar-refractivity contribution in [1.82, 2.24) is 9.55 Å². The minimum Gasteiger partial charge on any atom is -0.426 e. The number of rotatable bonds is 7. The number of aromatic amines is 1. The number of fused-ring (bicyclic) bond motifs is 1. The Morgan fingerprint density at radius 1 is 1.15 bits per heavy atom. The first-order chi connectivity index (χ1) is 18.0. The molecular formula is C26H37B2F2N2O5PS. The fraction of sp³-hybridized carbons (Fsp3) is 0.615. The second kappa shape index (κ2) is 12.9. The topological polar surface area (TPSA) is 74.7 Å². The molecule has 4 radical (unpaired) electrons. The molecule has 1 aliphatic heterocycles. The second-order valence-corrected chi connectivity index (χ2v) is 12.5. The van der Waals surface area contributed by atoms with E-state index in [1.807, 2.05) is 61.5 Å². The predicted octanol–water partition coefficient (Wildman–Crippen LogP) is 6.05. The number of nitrogens with one attached hydrogen (secondary N) is 1. The fourth-order valence-electron chi connectivity index (χ4n) is 3.92. The molecule has 13 heteroatoms. The number of benzene rings is 1. The molecule has 2 aromatic rings. The molecule has 2 unspecified atom stereocenters. The standard InChI is InChI=1S/C24H31B2F2N2O5PS.C2H6/c1-22(2,3)14-10-15(23(4,5)6)19-13(18(14)28)12-33-36(34-19)35-24(25,26)17(32-7)8-9-30-11-16(27)20(37)29-21(30)31;1-2/h10-11,17H,8-9,12H2,1-7H3,(H,29,31,37);1-2H3. The SMILES string of the molecule is CC.[B]C([B])(OP1OCc2c(F)c(C(C)(C)C)cc(C(C)(C)C)c2O1)C(CCn1cc(F)c(=S)[nH]c1=O)OC. The van der Waals surface area contributed by atoms with Gasteiger partial charge in [-0.2, -0.15) is 0 Å². The maximum absolute atomic E-state index is 15.5. The smallest absolute Gasteiger partial charge is 0.396 e. The lowest BCUT2D eigenvalue weighted by Crippen LogP contribution is -2.47. The minimum absolute atomic E-state index is 0.0112. The maximum atomic E-state index is 15.5. The summed E-state index contributed by atoms with van der Waals surface area (Å²) >= 11 is 4.72. The number of nitrogens with zero attached hydrogens (tertiary/aromatic N) is 1. The molecule has 0 bridgehead atoms. The average molecular weight is 580 g/mol. The zero-order valence-electron chi connectivity index (χ0n) is 24.1. The van der Waals surface area contributed by atoms with Gasteiger partial charge in [0.15, 0.2) is 5.82 Å². The van der Waals surface area contributed by atoms with Crippen molar-refractivity contribution in [2.45, 2.75) is 97.3 Å². The number of hydrogen-bond acceptors (Lipinski definition) is 6. The van der Waals surface area contributed by atoms with Crippen LogP contribution in [0.5, 0.6) is 5.75 Å². The van der Waals surface area contributed by atoms with Gasteiger partial charge in [-0.1, -0.05) is 67.6 Å². The molecular weight excluding hydrogens is 543 g/mol. The van der Waals surface area contributed by atoms with Crippen molar-refractivity contribution in [3.8, 4) is 5.75 Å². The molecule has 1 aromatic carbocycles. The molecule has 1 aliphatic rings. The molecule has 39 heavy (non-hydrogen) atoms. The van der Waals surface area contributed by atoms with Gasteiger partial charge in [-0.3, -0.25) is 14.1 Å². The molecule has 0 saturated heterocycles. The molecule has 7 nitrogen and oxygen atoms in total. The molecule has 1 aromatic heterocycles. The molecule has 3 rings (SSSR count). The third-order valence-corrected chi connectivity index (χ3v) is 7.46. The van der Waals surface area contributed by atoms with Crippen LogP contribution in [0.4, 0.5) is 8.78 Å². The van der Waals surface area contributed by atoms with Crippen LogP contribution in [-0.4, -0.2) is 43.9 Å². The number of aromatic nitrogens is 2. The first-order valence-corrected chi connectivity index (χ1v) is 14.2. The summed E-state index contributed by atoms with van der Waals surface area (Å²) in [6, 6.07) is 1.82. The maximum Gasteiger partial charge on any atom is 0.396 e. The van der Waals surface area contributed by atoms with Crippen LogP contribution < -0.4 is 10.2 Å². The van der Waals surface area contributed by atoms with Gasteiger partial charge in [0, 0.05) is 30.8 Å². The number of hydrogen-bond donors (Lipinski definition) is 1. The van der Waals surface area contributed by atoms with Crippen LogP contribution in [0, 0.1) is 16.3 Å². The Bertz CT molecular complexity index is 1280. The lowest BCUT2D eigenvalue weighted by Gasteiger charge is -2.39. The summed E-state index contributed by atoms with van der Waals surface area (Å²) in [4.78, 5) is 14.3. The van der Waals surface area contributed by atoms with Crippen LogP contribution in [0.3, 0.4) is 0 Å². The highest BCUT2D eigenvalue weighted by atomic mass is 32.1. The predicted molar refractivity (Wildman–Crippen MR) is 154 cm³/mol. The average Bonchev–Trinajstić information content (AvgIpc) is 2.82. The zero-order valence-corrected chi connectivity index (χ0v) is 25.8. The molecule has 2 heterocycles. The largest absolute Gasteiger partial charge is 0.426 e. The monoisotopic (exact) mass is 580 g/mol. The summed E-state index contributed by atoms with van der Waals surface area (Å²) in [7, 11) is 11.7. The Morgan fingerprint density at radius 2 is 1.74 bits per heavy atom. The van der Waals surface area contributed by atoms with Crippen LogP contribution >= 0.6 is 20.8 Å². The molecule has 0 saturated carbocycles. The first kappa shape index (κ1) is 33.6. The third kappa shape index (κ3) is 8.00. The molecule has 0 aliphatic carbocycles. The summed E-state index contributed by atoms with van der Waals surface area (Å²) in [5.74, 6) is -0.776. The van der Waals surface area contributed by atoms with Crippen molar-refractivity contribution >= 4 is 36.5 Å². The molecule has 1 N–H and O–H groups in total. The van der Waals surface area contributed by atoms with Gasteiger partial charge in [-0.25, -0.2) is 13.6 Å². The lowest BCUT2D eigenvalue weighted by atomic mass is 9.61. The normalized spacial score (nSPS) is 16.5. The Hall–Kier alpha value is -1.58. The lowest BCUT2D eigenvalue weighted by molar-refractivity contribution is 0.000821. The van der Waals surface area contributed by atoms with E-state index in [1.54, 1.807) is 0 Å². The highest BCUT2D eigenvalue weighted by molar-refractivity contribution is 7.71. The van der Waals surface area contributed by atoms with E-state index < -0.39 is 37.0 Å². The molecule has 0 spiro atoms. The van der Waals surface area contributed by atoms with Gasteiger partial charge < -0.3 is 13.8 Å². The fourth-order valence-corrected chi connectivity index (χ4v) is 5.17. The van der Waals surface area contributed by atoms with E-state index in [-0.39, 0.29) is 35.4 Å². The van der Waals surface area contributed by atoms with E-state index in [0.717, 1.165) is 16.3 Å². The Labute approximate surface area is 238 Å². The van der Waals surface area contributed by atoms with Crippen LogP contribution in [0.1, 0.15) is 78.5 Å². The number of H-pyrrole nitrogens is 1. The molecule has 2 atom stereocenters. The van der Waals surface area contributed by atoms with E-state index in [4.69, 9.17) is 46.2 Å². The van der Waals surface area contributed by atoms with Gasteiger partial charge >= 0.3 is 14.3 Å². The van der Waals surface area contributed by atoms with E-state index in [2.05, 4.69) is 4.98 Å². The van der Waals surface area contributed by atoms with Crippen molar-refractivity contribution in [2.75, 3.05) is 7.11 Å². The number of halogens is 2. The second-order valence-electron chi connectivity index (χ2n) is 11.1. The Kier molecular flexibility index (Phi) is 11.2. The summed E-state index contributed by atoms with van der Waals surface area (Å²) in [5.41, 5.74) is 0.294.